The van der Waals surface area contributed by atoms with Crippen molar-refractivity contribution >= 4 is 11.9 Å². The highest BCUT2D eigenvalue weighted by atomic mass is 16.5. The molecule has 7 nitrogen and oxygen atoms in total. The summed E-state index contributed by atoms with van der Waals surface area (Å²) < 4.78 is 4.86. The minimum atomic E-state index is -0.764. The normalized spacial score (nSPS) is 17.3. The van der Waals surface area contributed by atoms with Crippen molar-refractivity contribution in [1.82, 2.24) is 15.1 Å². The number of carbonyl (C=O) groups is 2. The Morgan fingerprint density at radius 1 is 1.21 bits per heavy atom. The first-order chi connectivity index (χ1) is 9.11. The highest BCUT2D eigenvalue weighted by Gasteiger charge is 2.18. The van der Waals surface area contributed by atoms with Gasteiger partial charge in [0.15, 0.2) is 0 Å². The molecule has 0 aromatic rings. The van der Waals surface area contributed by atoms with Gasteiger partial charge in [0, 0.05) is 46.4 Å². The molecule has 0 aliphatic carbocycles. The second-order valence-electron chi connectivity index (χ2n) is 4.60. The number of amides is 1. The molecule has 2 N–H and O–H groups in total. The molecule has 0 unspecified atom stereocenters. The van der Waals surface area contributed by atoms with Gasteiger partial charge in [-0.05, 0) is 0 Å². The molecule has 0 saturated carbocycles. The molecule has 0 aromatic carbocycles. The third-order valence-corrected chi connectivity index (χ3v) is 3.10. The number of hydrogen-bond donors (Lipinski definition) is 2. The van der Waals surface area contributed by atoms with Gasteiger partial charge in [0.05, 0.1) is 19.6 Å². The molecule has 0 aromatic heterocycles. The van der Waals surface area contributed by atoms with E-state index in [-0.39, 0.29) is 12.3 Å². The predicted octanol–water partition coefficient (Wildman–Crippen LogP) is -1.16. The summed E-state index contributed by atoms with van der Waals surface area (Å²) in [5, 5.41) is 11.4. The Bertz CT molecular complexity index is 291. The van der Waals surface area contributed by atoms with Crippen LogP contribution < -0.4 is 5.32 Å². The van der Waals surface area contributed by atoms with E-state index in [1.807, 2.05) is 0 Å². The number of aliphatic carboxylic acids is 1. The monoisotopic (exact) mass is 273 g/mol. The van der Waals surface area contributed by atoms with Crippen LogP contribution in [-0.4, -0.2) is 86.3 Å². The number of rotatable bonds is 8. The molecule has 1 aliphatic rings. The molecule has 19 heavy (non-hydrogen) atoms. The van der Waals surface area contributed by atoms with Crippen LogP contribution in [0, 0.1) is 0 Å². The predicted molar refractivity (Wildman–Crippen MR) is 70.0 cm³/mol. The Hall–Kier alpha value is -1.18. The minimum absolute atomic E-state index is 0.0102. The zero-order valence-corrected chi connectivity index (χ0v) is 11.4. The van der Waals surface area contributed by atoms with Gasteiger partial charge in [-0.3, -0.25) is 14.5 Å². The van der Waals surface area contributed by atoms with Crippen LogP contribution in [0.2, 0.25) is 0 Å². The van der Waals surface area contributed by atoms with E-state index in [4.69, 9.17) is 9.84 Å². The highest BCUT2D eigenvalue weighted by molar-refractivity contribution is 5.78. The third-order valence-electron chi connectivity index (χ3n) is 3.10. The van der Waals surface area contributed by atoms with Gasteiger partial charge >= 0.3 is 5.97 Å². The number of ether oxygens (including phenoxy) is 1. The zero-order chi connectivity index (χ0) is 14.1. The van der Waals surface area contributed by atoms with Gasteiger partial charge < -0.3 is 20.1 Å². The van der Waals surface area contributed by atoms with Crippen LogP contribution >= 0.6 is 0 Å². The maximum absolute atomic E-state index is 11.6. The van der Waals surface area contributed by atoms with Gasteiger partial charge in [-0.15, -0.1) is 0 Å². The lowest BCUT2D eigenvalue weighted by molar-refractivity contribution is -0.137. The molecular weight excluding hydrogens is 250 g/mol. The lowest BCUT2D eigenvalue weighted by Crippen LogP contribution is -2.49. The van der Waals surface area contributed by atoms with Crippen molar-refractivity contribution in [2.24, 2.45) is 0 Å². The standard InChI is InChI=1S/C12H23N3O4/c1-19-9-3-13-11(16)10-15-7-5-14(6-8-15)4-2-12(17)18/h2-10H2,1H3,(H,13,16)(H,17,18). The smallest absolute Gasteiger partial charge is 0.304 e. The Balaban J connectivity index is 2.12. The second-order valence-corrected chi connectivity index (χ2v) is 4.60. The van der Waals surface area contributed by atoms with Crippen molar-refractivity contribution in [3.63, 3.8) is 0 Å². The van der Waals surface area contributed by atoms with Gasteiger partial charge in [0.1, 0.15) is 0 Å². The Labute approximate surface area is 113 Å². The van der Waals surface area contributed by atoms with Crippen LogP contribution in [0.15, 0.2) is 0 Å². The lowest BCUT2D eigenvalue weighted by Gasteiger charge is -2.33. The maximum Gasteiger partial charge on any atom is 0.304 e. The molecule has 1 rings (SSSR count). The minimum Gasteiger partial charge on any atom is -0.481 e. The van der Waals surface area contributed by atoms with Crippen molar-refractivity contribution in [3.8, 4) is 0 Å². The molecule has 0 bridgehead atoms. The van der Waals surface area contributed by atoms with Gasteiger partial charge in [-0.2, -0.15) is 0 Å². The summed E-state index contributed by atoms with van der Waals surface area (Å²) >= 11 is 0. The van der Waals surface area contributed by atoms with Gasteiger partial charge in [0.2, 0.25) is 5.91 Å². The van der Waals surface area contributed by atoms with E-state index in [2.05, 4.69) is 15.1 Å². The summed E-state index contributed by atoms with van der Waals surface area (Å²) in [5.41, 5.74) is 0. The summed E-state index contributed by atoms with van der Waals surface area (Å²) in [4.78, 5) is 26.3. The summed E-state index contributed by atoms with van der Waals surface area (Å²) in [6.45, 7) is 5.29. The number of hydrogen-bond acceptors (Lipinski definition) is 5. The lowest BCUT2D eigenvalue weighted by atomic mass is 10.3. The molecule has 1 heterocycles. The number of piperazine rings is 1. The number of carbonyl (C=O) groups excluding carboxylic acids is 1. The molecule has 7 heteroatoms. The average Bonchev–Trinajstić information content (AvgIpc) is 2.38. The topological polar surface area (TPSA) is 82.1 Å². The number of methoxy groups -OCH3 is 1. The first-order valence-electron chi connectivity index (χ1n) is 6.54. The number of carboxylic acid groups (broad SMARTS) is 1. The van der Waals surface area contributed by atoms with E-state index in [0.29, 0.717) is 26.2 Å². The number of carboxylic acids is 1. The van der Waals surface area contributed by atoms with Crippen molar-refractivity contribution in [1.29, 1.82) is 0 Å². The van der Waals surface area contributed by atoms with Crippen LogP contribution in [0.5, 0.6) is 0 Å². The van der Waals surface area contributed by atoms with E-state index < -0.39 is 5.97 Å². The van der Waals surface area contributed by atoms with Crippen LogP contribution in [0.4, 0.5) is 0 Å². The molecule has 1 saturated heterocycles. The highest BCUT2D eigenvalue weighted by Crippen LogP contribution is 2.02. The van der Waals surface area contributed by atoms with Crippen LogP contribution in [-0.2, 0) is 14.3 Å². The maximum atomic E-state index is 11.6. The quantitative estimate of drug-likeness (QED) is 0.543. The number of nitrogens with one attached hydrogen (secondary N) is 1. The molecule has 110 valence electrons. The van der Waals surface area contributed by atoms with E-state index in [9.17, 15) is 9.59 Å². The van der Waals surface area contributed by atoms with E-state index in [0.717, 1.165) is 26.2 Å². The molecule has 1 aliphatic heterocycles. The SMILES string of the molecule is COCCNC(=O)CN1CCN(CCC(=O)O)CC1. The molecule has 1 amide bonds. The fraction of sp³-hybridized carbons (Fsp3) is 0.833. The van der Waals surface area contributed by atoms with Crippen LogP contribution in [0.3, 0.4) is 0 Å². The Morgan fingerprint density at radius 3 is 2.42 bits per heavy atom. The Kier molecular flexibility index (Phi) is 7.39. The molecular formula is C12H23N3O4. The zero-order valence-electron chi connectivity index (χ0n) is 11.4. The first kappa shape index (κ1) is 15.9. The molecule has 1 fully saturated rings. The van der Waals surface area contributed by atoms with Crippen molar-refractivity contribution in [2.75, 3.05) is 59.5 Å². The Morgan fingerprint density at radius 2 is 1.84 bits per heavy atom. The van der Waals surface area contributed by atoms with Crippen LogP contribution in [0.25, 0.3) is 0 Å². The van der Waals surface area contributed by atoms with Crippen molar-refractivity contribution in [3.05, 3.63) is 0 Å². The van der Waals surface area contributed by atoms with Gasteiger partial charge in [0.25, 0.3) is 0 Å². The summed E-state index contributed by atoms with van der Waals surface area (Å²) in [7, 11) is 1.60. The largest absolute Gasteiger partial charge is 0.481 e. The fourth-order valence-electron chi connectivity index (χ4n) is 1.98. The number of nitrogens with zero attached hydrogens (tertiary/aromatic N) is 2. The fourth-order valence-corrected chi connectivity index (χ4v) is 1.98. The van der Waals surface area contributed by atoms with Crippen molar-refractivity contribution in [2.45, 2.75) is 6.42 Å². The summed E-state index contributed by atoms with van der Waals surface area (Å²) in [5.74, 6) is -0.754. The molecule has 0 radical (unpaired) electrons. The average molecular weight is 273 g/mol. The molecule has 0 atom stereocenters. The van der Waals surface area contributed by atoms with E-state index in [1.54, 1.807) is 7.11 Å². The van der Waals surface area contributed by atoms with Gasteiger partial charge in [-0.1, -0.05) is 0 Å². The van der Waals surface area contributed by atoms with Gasteiger partial charge in [-0.25, -0.2) is 0 Å². The first-order valence-corrected chi connectivity index (χ1v) is 6.54. The second kappa shape index (κ2) is 8.84. The summed E-state index contributed by atoms with van der Waals surface area (Å²) in [6, 6.07) is 0. The molecule has 0 spiro atoms. The van der Waals surface area contributed by atoms with E-state index in [1.165, 1.54) is 0 Å². The van der Waals surface area contributed by atoms with Crippen LogP contribution in [0.1, 0.15) is 6.42 Å². The third kappa shape index (κ3) is 7.09. The van der Waals surface area contributed by atoms with E-state index >= 15 is 0 Å². The van der Waals surface area contributed by atoms with Crippen molar-refractivity contribution < 1.29 is 19.4 Å². The summed E-state index contributed by atoms with van der Waals surface area (Å²) in [6.07, 6.45) is 0.178.